The van der Waals surface area contributed by atoms with Crippen LogP contribution in [-0.2, 0) is 0 Å². The molecule has 0 spiro atoms. The Kier molecular flexibility index (Phi) is 7.19. The van der Waals surface area contributed by atoms with Crippen molar-refractivity contribution in [3.8, 4) is 0 Å². The van der Waals surface area contributed by atoms with Crippen molar-refractivity contribution in [2.45, 2.75) is 104 Å². The van der Waals surface area contributed by atoms with Crippen molar-refractivity contribution in [2.75, 3.05) is 0 Å². The third-order valence-electron chi connectivity index (χ3n) is 8.45. The fraction of sp³-hybridized carbons (Fsp3) is 0.714. The molecule has 3 fully saturated rings. The van der Waals surface area contributed by atoms with Crippen LogP contribution in [-0.4, -0.2) is 21.9 Å². The van der Waals surface area contributed by atoms with E-state index in [0.717, 1.165) is 42.2 Å². The van der Waals surface area contributed by atoms with Crippen LogP contribution in [0, 0.1) is 23.2 Å². The minimum atomic E-state index is -0.543. The molecule has 2 heteroatoms. The first kappa shape index (κ1) is 23.5. The molecule has 2 N–H and O–H groups in total. The standard InChI is InChI=1S/C28H44O2/c1-19(9-7-15-27(4,5)30)24-13-14-25-22(10-8-16-28(24,25)6)11-12-23-18-26(29)21(3)17-20(23)2/h11-12,19,24-26,29-30H,2-3,7-10,13-18H2,1,4-6H3/b22-11+,23-12-/t19-,24+,25?,26+,28+/m0/s1. The number of aliphatic hydroxyl groups is 2. The normalized spacial score (nSPS) is 36.4. The number of allylic oxidation sites excluding steroid dienone is 4. The lowest BCUT2D eigenvalue weighted by Gasteiger charge is -2.44. The molecule has 5 atom stereocenters. The highest BCUT2D eigenvalue weighted by Gasteiger charge is 2.50. The third-order valence-corrected chi connectivity index (χ3v) is 8.45. The summed E-state index contributed by atoms with van der Waals surface area (Å²) in [6.07, 6.45) is 15.3. The summed E-state index contributed by atoms with van der Waals surface area (Å²) in [4.78, 5) is 0. The summed E-state index contributed by atoms with van der Waals surface area (Å²) in [6.45, 7) is 17.0. The van der Waals surface area contributed by atoms with Crippen molar-refractivity contribution >= 4 is 0 Å². The van der Waals surface area contributed by atoms with E-state index in [0.29, 0.717) is 17.8 Å². The van der Waals surface area contributed by atoms with E-state index < -0.39 is 11.7 Å². The van der Waals surface area contributed by atoms with Crippen LogP contribution < -0.4 is 0 Å². The van der Waals surface area contributed by atoms with Crippen LogP contribution in [0.5, 0.6) is 0 Å². The first-order valence-corrected chi connectivity index (χ1v) is 12.2. The summed E-state index contributed by atoms with van der Waals surface area (Å²) in [5, 5.41) is 20.2. The second-order valence-corrected chi connectivity index (χ2v) is 11.4. The average molecular weight is 413 g/mol. The quantitative estimate of drug-likeness (QED) is 0.466. The minimum Gasteiger partial charge on any atom is -0.390 e. The van der Waals surface area contributed by atoms with E-state index in [4.69, 9.17) is 0 Å². The van der Waals surface area contributed by atoms with E-state index >= 15 is 0 Å². The van der Waals surface area contributed by atoms with Crippen molar-refractivity contribution in [1.29, 1.82) is 0 Å². The SMILES string of the molecule is C=C1CC(=C)[C@H](O)C/C1=C/C=C1\CCC[C@@]2(C)C1CC[C@@H]2[C@@H](C)CCCC(C)(C)O. The number of hydrogen-bond donors (Lipinski definition) is 2. The average Bonchev–Trinajstić information content (AvgIpc) is 3.00. The van der Waals surface area contributed by atoms with Gasteiger partial charge in [0, 0.05) is 6.42 Å². The molecule has 3 rings (SSSR count). The highest BCUT2D eigenvalue weighted by Crippen LogP contribution is 2.60. The predicted octanol–water partition coefficient (Wildman–Crippen LogP) is 6.90. The fourth-order valence-electron chi connectivity index (χ4n) is 6.67. The van der Waals surface area contributed by atoms with Gasteiger partial charge in [0.2, 0.25) is 0 Å². The van der Waals surface area contributed by atoms with E-state index in [1.54, 1.807) is 5.57 Å². The maximum absolute atomic E-state index is 10.2. The molecule has 2 nitrogen and oxygen atoms in total. The van der Waals surface area contributed by atoms with Crippen LogP contribution in [0.4, 0.5) is 0 Å². The topological polar surface area (TPSA) is 40.5 Å². The van der Waals surface area contributed by atoms with E-state index in [1.165, 1.54) is 44.1 Å². The Morgan fingerprint density at radius 3 is 2.67 bits per heavy atom. The maximum Gasteiger partial charge on any atom is 0.0791 e. The van der Waals surface area contributed by atoms with Crippen LogP contribution in [0.1, 0.15) is 91.9 Å². The van der Waals surface area contributed by atoms with Gasteiger partial charge < -0.3 is 10.2 Å². The zero-order chi connectivity index (χ0) is 22.1. The lowest BCUT2D eigenvalue weighted by atomic mass is 9.60. The van der Waals surface area contributed by atoms with Gasteiger partial charge in [-0.1, -0.05) is 57.6 Å². The predicted molar refractivity (Wildman–Crippen MR) is 127 cm³/mol. The van der Waals surface area contributed by atoms with Crippen LogP contribution >= 0.6 is 0 Å². The summed E-state index contributed by atoms with van der Waals surface area (Å²) >= 11 is 0. The number of fused-ring (bicyclic) bond motifs is 1. The highest BCUT2D eigenvalue weighted by atomic mass is 16.3. The molecule has 168 valence electrons. The van der Waals surface area contributed by atoms with Crippen molar-refractivity contribution in [3.63, 3.8) is 0 Å². The summed E-state index contributed by atoms with van der Waals surface area (Å²) < 4.78 is 0. The Morgan fingerprint density at radius 1 is 1.23 bits per heavy atom. The van der Waals surface area contributed by atoms with Crippen LogP contribution in [0.2, 0.25) is 0 Å². The molecule has 1 unspecified atom stereocenters. The largest absolute Gasteiger partial charge is 0.390 e. The molecule has 0 aromatic heterocycles. The van der Waals surface area contributed by atoms with Gasteiger partial charge in [0.25, 0.3) is 0 Å². The summed E-state index contributed by atoms with van der Waals surface area (Å²) in [5.41, 5.74) is 4.70. The molecule has 0 amide bonds. The van der Waals surface area contributed by atoms with Gasteiger partial charge in [-0.3, -0.25) is 0 Å². The molecule has 0 heterocycles. The second-order valence-electron chi connectivity index (χ2n) is 11.4. The molecule has 3 aliphatic carbocycles. The second kappa shape index (κ2) is 9.17. The van der Waals surface area contributed by atoms with Gasteiger partial charge in [0.15, 0.2) is 0 Å². The first-order chi connectivity index (χ1) is 14.0. The van der Waals surface area contributed by atoms with Crippen LogP contribution in [0.3, 0.4) is 0 Å². The van der Waals surface area contributed by atoms with Gasteiger partial charge in [-0.2, -0.15) is 0 Å². The zero-order valence-electron chi connectivity index (χ0n) is 19.8. The maximum atomic E-state index is 10.2. The Morgan fingerprint density at radius 2 is 1.97 bits per heavy atom. The van der Waals surface area contributed by atoms with Gasteiger partial charge in [0.1, 0.15) is 0 Å². The minimum absolute atomic E-state index is 0.411. The van der Waals surface area contributed by atoms with E-state index in [2.05, 4.69) is 39.2 Å². The number of aliphatic hydroxyl groups excluding tert-OH is 1. The first-order valence-electron chi connectivity index (χ1n) is 12.2. The monoisotopic (exact) mass is 412 g/mol. The smallest absolute Gasteiger partial charge is 0.0791 e. The summed E-state index contributed by atoms with van der Waals surface area (Å²) in [5.74, 6) is 2.20. The molecule has 3 saturated carbocycles. The van der Waals surface area contributed by atoms with Gasteiger partial charge in [-0.25, -0.2) is 0 Å². The molecule has 0 radical (unpaired) electrons. The Hall–Kier alpha value is -1.12. The van der Waals surface area contributed by atoms with Crippen molar-refractivity contribution in [1.82, 2.24) is 0 Å². The zero-order valence-corrected chi connectivity index (χ0v) is 19.8. The van der Waals surface area contributed by atoms with Crippen molar-refractivity contribution in [2.24, 2.45) is 23.2 Å². The lowest BCUT2D eigenvalue weighted by Crippen LogP contribution is -2.36. The molecule has 0 aliphatic heterocycles. The van der Waals surface area contributed by atoms with Gasteiger partial charge in [0.05, 0.1) is 11.7 Å². The Balaban J connectivity index is 1.69. The molecular weight excluding hydrogens is 368 g/mol. The fourth-order valence-corrected chi connectivity index (χ4v) is 6.67. The van der Waals surface area contributed by atoms with Crippen molar-refractivity contribution < 1.29 is 10.2 Å². The highest BCUT2D eigenvalue weighted by molar-refractivity contribution is 5.41. The molecule has 3 aliphatic rings. The Labute approximate surface area is 184 Å². The van der Waals surface area contributed by atoms with Gasteiger partial charge in [-0.05, 0) is 98.7 Å². The van der Waals surface area contributed by atoms with Crippen LogP contribution in [0.25, 0.3) is 0 Å². The molecule has 30 heavy (non-hydrogen) atoms. The van der Waals surface area contributed by atoms with Crippen LogP contribution in [0.15, 0.2) is 47.6 Å². The summed E-state index contributed by atoms with van der Waals surface area (Å²) in [7, 11) is 0. The van der Waals surface area contributed by atoms with E-state index in [-0.39, 0.29) is 0 Å². The van der Waals surface area contributed by atoms with Crippen molar-refractivity contribution in [3.05, 3.63) is 47.6 Å². The molecular formula is C28H44O2. The van der Waals surface area contributed by atoms with Gasteiger partial charge in [-0.15, -0.1) is 0 Å². The number of hydrogen-bond acceptors (Lipinski definition) is 2. The number of rotatable bonds is 6. The molecule has 0 aromatic carbocycles. The van der Waals surface area contributed by atoms with Gasteiger partial charge >= 0.3 is 0 Å². The van der Waals surface area contributed by atoms with E-state index in [9.17, 15) is 10.2 Å². The molecule has 0 saturated heterocycles. The molecule has 0 bridgehead atoms. The summed E-state index contributed by atoms with van der Waals surface area (Å²) in [6, 6.07) is 0. The molecule has 0 aromatic rings. The third kappa shape index (κ3) is 5.19. The van der Waals surface area contributed by atoms with E-state index in [1.807, 2.05) is 13.8 Å². The lowest BCUT2D eigenvalue weighted by molar-refractivity contribution is 0.0596. The Bertz CT molecular complexity index is 719.